The van der Waals surface area contributed by atoms with Crippen LogP contribution >= 0.6 is 0 Å². The van der Waals surface area contributed by atoms with Gasteiger partial charge in [-0.3, -0.25) is 4.79 Å². The predicted molar refractivity (Wildman–Crippen MR) is 48.9 cm³/mol. The SMILES string of the molecule is CCOC(=O)C1(N)CC12CC(C#N)C2. The average Bonchev–Trinajstić information content (AvgIpc) is 2.72. The third-order valence-electron chi connectivity index (χ3n) is 3.54. The second kappa shape index (κ2) is 2.71. The van der Waals surface area contributed by atoms with E-state index in [4.69, 9.17) is 15.7 Å². The van der Waals surface area contributed by atoms with Crippen LogP contribution in [0.4, 0.5) is 0 Å². The van der Waals surface area contributed by atoms with Gasteiger partial charge in [-0.15, -0.1) is 0 Å². The Morgan fingerprint density at radius 1 is 1.71 bits per heavy atom. The van der Waals surface area contributed by atoms with E-state index >= 15 is 0 Å². The van der Waals surface area contributed by atoms with Crippen LogP contribution in [-0.2, 0) is 9.53 Å². The number of hydrogen-bond acceptors (Lipinski definition) is 4. The van der Waals surface area contributed by atoms with Crippen LogP contribution in [-0.4, -0.2) is 18.1 Å². The number of nitrogens with two attached hydrogens (primary N) is 1. The molecule has 4 nitrogen and oxygen atoms in total. The molecule has 1 atom stereocenters. The van der Waals surface area contributed by atoms with Crippen molar-refractivity contribution in [2.24, 2.45) is 17.1 Å². The second-order valence-electron chi connectivity index (χ2n) is 4.38. The van der Waals surface area contributed by atoms with Gasteiger partial charge in [-0.25, -0.2) is 0 Å². The van der Waals surface area contributed by atoms with Gasteiger partial charge in [0.1, 0.15) is 5.54 Å². The van der Waals surface area contributed by atoms with Gasteiger partial charge in [0.15, 0.2) is 0 Å². The summed E-state index contributed by atoms with van der Waals surface area (Å²) in [6, 6.07) is 2.20. The molecule has 0 aromatic rings. The van der Waals surface area contributed by atoms with Crippen molar-refractivity contribution < 1.29 is 9.53 Å². The van der Waals surface area contributed by atoms with Gasteiger partial charge >= 0.3 is 5.97 Å². The first-order chi connectivity index (χ1) is 6.58. The largest absolute Gasteiger partial charge is 0.465 e. The van der Waals surface area contributed by atoms with Crippen molar-refractivity contribution in [2.45, 2.75) is 31.7 Å². The minimum absolute atomic E-state index is 0.0925. The van der Waals surface area contributed by atoms with Crippen LogP contribution in [0.25, 0.3) is 0 Å². The average molecular weight is 194 g/mol. The standard InChI is InChI=1S/C10H14N2O2/c1-2-14-8(13)10(12)6-9(10)3-7(4-9)5-11/h7H,2-4,6,12H2,1H3. The van der Waals surface area contributed by atoms with E-state index in [0.717, 1.165) is 12.8 Å². The molecule has 2 saturated carbocycles. The van der Waals surface area contributed by atoms with Crippen molar-refractivity contribution in [2.75, 3.05) is 6.61 Å². The van der Waals surface area contributed by atoms with Crippen molar-refractivity contribution >= 4 is 5.97 Å². The maximum atomic E-state index is 11.5. The molecule has 76 valence electrons. The molecule has 0 aromatic carbocycles. The number of nitriles is 1. The Kier molecular flexibility index (Phi) is 1.83. The molecule has 0 amide bonds. The molecular weight excluding hydrogens is 180 g/mol. The fraction of sp³-hybridized carbons (Fsp3) is 0.800. The monoisotopic (exact) mass is 194 g/mol. The second-order valence-corrected chi connectivity index (χ2v) is 4.38. The lowest BCUT2D eigenvalue weighted by Crippen LogP contribution is -2.45. The van der Waals surface area contributed by atoms with Crippen LogP contribution < -0.4 is 5.73 Å². The van der Waals surface area contributed by atoms with E-state index < -0.39 is 5.54 Å². The lowest BCUT2D eigenvalue weighted by atomic mass is 9.70. The highest BCUT2D eigenvalue weighted by Crippen LogP contribution is 2.68. The molecule has 2 rings (SSSR count). The lowest BCUT2D eigenvalue weighted by Gasteiger charge is -2.34. The third kappa shape index (κ3) is 0.992. The van der Waals surface area contributed by atoms with E-state index in [1.54, 1.807) is 6.92 Å². The van der Waals surface area contributed by atoms with Crippen LogP contribution in [0.5, 0.6) is 0 Å². The van der Waals surface area contributed by atoms with Crippen molar-refractivity contribution in [3.05, 3.63) is 0 Å². The molecule has 1 unspecified atom stereocenters. The van der Waals surface area contributed by atoms with Crippen molar-refractivity contribution in [1.82, 2.24) is 0 Å². The van der Waals surface area contributed by atoms with Crippen LogP contribution in [0.15, 0.2) is 0 Å². The summed E-state index contributed by atoms with van der Waals surface area (Å²) in [7, 11) is 0. The zero-order chi connectivity index (χ0) is 10.4. The number of rotatable bonds is 2. The van der Waals surface area contributed by atoms with E-state index in [1.807, 2.05) is 0 Å². The topological polar surface area (TPSA) is 76.1 Å². The molecule has 0 bridgehead atoms. The molecule has 4 heteroatoms. The summed E-state index contributed by atoms with van der Waals surface area (Å²) in [4.78, 5) is 11.5. The third-order valence-corrected chi connectivity index (χ3v) is 3.54. The molecule has 0 aliphatic heterocycles. The molecular formula is C10H14N2O2. The predicted octanol–water partition coefficient (Wildman–Crippen LogP) is 0.571. The Morgan fingerprint density at radius 2 is 2.36 bits per heavy atom. The van der Waals surface area contributed by atoms with Gasteiger partial charge < -0.3 is 10.5 Å². The molecule has 2 N–H and O–H groups in total. The first kappa shape index (κ1) is 9.47. The van der Waals surface area contributed by atoms with E-state index in [1.165, 1.54) is 0 Å². The normalized spacial score (nSPS) is 43.9. The van der Waals surface area contributed by atoms with Crippen molar-refractivity contribution in [3.63, 3.8) is 0 Å². The van der Waals surface area contributed by atoms with Crippen LogP contribution in [0.2, 0.25) is 0 Å². The van der Waals surface area contributed by atoms with Crippen LogP contribution in [0.1, 0.15) is 26.2 Å². The maximum absolute atomic E-state index is 11.5. The fourth-order valence-corrected chi connectivity index (χ4v) is 2.52. The molecule has 1 spiro atoms. The Balaban J connectivity index is 1.98. The van der Waals surface area contributed by atoms with Crippen molar-refractivity contribution in [3.8, 4) is 6.07 Å². The summed E-state index contributed by atoms with van der Waals surface area (Å²) in [6.07, 6.45) is 2.22. The summed E-state index contributed by atoms with van der Waals surface area (Å²) in [6.45, 7) is 2.14. The number of nitrogens with zero attached hydrogens (tertiary/aromatic N) is 1. The zero-order valence-corrected chi connectivity index (χ0v) is 8.25. The van der Waals surface area contributed by atoms with E-state index in [-0.39, 0.29) is 17.3 Å². The molecule has 2 aliphatic rings. The number of carbonyl (C=O) groups is 1. The summed E-state index contributed by atoms with van der Waals surface area (Å²) in [5.41, 5.74) is 5.07. The summed E-state index contributed by atoms with van der Waals surface area (Å²) < 4.78 is 4.92. The molecule has 0 saturated heterocycles. The Bertz CT molecular complexity index is 315. The Labute approximate surface area is 83.0 Å². The molecule has 2 fully saturated rings. The number of esters is 1. The number of carbonyl (C=O) groups excluding carboxylic acids is 1. The van der Waals surface area contributed by atoms with Crippen LogP contribution in [0, 0.1) is 22.7 Å². The maximum Gasteiger partial charge on any atom is 0.326 e. The minimum Gasteiger partial charge on any atom is -0.465 e. The quantitative estimate of drug-likeness (QED) is 0.652. The summed E-state index contributed by atoms with van der Waals surface area (Å²) in [5.74, 6) is -0.203. The first-order valence-corrected chi connectivity index (χ1v) is 4.94. The lowest BCUT2D eigenvalue weighted by molar-refractivity contribution is -0.147. The van der Waals surface area contributed by atoms with Gasteiger partial charge in [0.05, 0.1) is 12.7 Å². The number of ether oxygens (including phenoxy) is 1. The van der Waals surface area contributed by atoms with E-state index in [9.17, 15) is 4.79 Å². The van der Waals surface area contributed by atoms with Crippen molar-refractivity contribution in [1.29, 1.82) is 5.26 Å². The highest BCUT2D eigenvalue weighted by Gasteiger charge is 2.75. The van der Waals surface area contributed by atoms with Crippen LogP contribution in [0.3, 0.4) is 0 Å². The van der Waals surface area contributed by atoms with Gasteiger partial charge in [0, 0.05) is 11.3 Å². The van der Waals surface area contributed by atoms with E-state index in [2.05, 4.69) is 6.07 Å². The smallest absolute Gasteiger partial charge is 0.326 e. The van der Waals surface area contributed by atoms with Gasteiger partial charge in [-0.2, -0.15) is 5.26 Å². The summed E-state index contributed by atoms with van der Waals surface area (Å²) in [5, 5.41) is 8.65. The minimum atomic E-state index is -0.781. The Hall–Kier alpha value is -1.08. The zero-order valence-electron chi connectivity index (χ0n) is 8.25. The molecule has 0 heterocycles. The van der Waals surface area contributed by atoms with Gasteiger partial charge in [0.25, 0.3) is 0 Å². The van der Waals surface area contributed by atoms with Gasteiger partial charge in [-0.05, 0) is 26.2 Å². The highest BCUT2D eigenvalue weighted by molar-refractivity contribution is 5.86. The summed E-state index contributed by atoms with van der Waals surface area (Å²) >= 11 is 0. The first-order valence-electron chi connectivity index (χ1n) is 4.94. The molecule has 0 aromatic heterocycles. The van der Waals surface area contributed by atoms with E-state index in [0.29, 0.717) is 13.0 Å². The fourth-order valence-electron chi connectivity index (χ4n) is 2.52. The Morgan fingerprint density at radius 3 is 2.86 bits per heavy atom. The number of hydrogen-bond donors (Lipinski definition) is 1. The molecule has 14 heavy (non-hydrogen) atoms. The molecule has 2 aliphatic carbocycles. The van der Waals surface area contributed by atoms with Gasteiger partial charge in [-0.1, -0.05) is 0 Å². The molecule has 0 radical (unpaired) electrons. The van der Waals surface area contributed by atoms with Gasteiger partial charge in [0.2, 0.25) is 0 Å². The highest BCUT2D eigenvalue weighted by atomic mass is 16.5.